The number of nitro groups is 1. The molecule has 6 aromatic rings. The van der Waals surface area contributed by atoms with Crippen LogP contribution in [0.15, 0.2) is 138 Å². The quantitative estimate of drug-likeness (QED) is 0.0387. The molecule has 0 heterocycles. The van der Waals surface area contributed by atoms with Crippen LogP contribution in [0, 0.1) is 17.0 Å². The topological polar surface area (TPSA) is 205 Å². The summed E-state index contributed by atoms with van der Waals surface area (Å²) in [6.45, 7) is 1.59. The Balaban J connectivity index is 0.958. The van der Waals surface area contributed by atoms with Crippen molar-refractivity contribution in [2.24, 2.45) is 0 Å². The Hall–Kier alpha value is -7.11. The summed E-state index contributed by atoms with van der Waals surface area (Å²) in [6.07, 6.45) is 0. The van der Waals surface area contributed by atoms with E-state index in [1.165, 1.54) is 30.3 Å². The lowest BCUT2D eigenvalue weighted by atomic mass is 10.0. The molecule has 0 bridgehead atoms. The fraction of sp³-hybridized carbons (Fsp3) is 0.0732. The van der Waals surface area contributed by atoms with Crippen LogP contribution in [0.5, 0.6) is 28.7 Å². The van der Waals surface area contributed by atoms with Gasteiger partial charge in [-0.1, -0.05) is 11.6 Å². The van der Waals surface area contributed by atoms with Gasteiger partial charge >= 0.3 is 5.97 Å². The predicted molar refractivity (Wildman–Crippen MR) is 208 cm³/mol. The summed E-state index contributed by atoms with van der Waals surface area (Å²) in [5.41, 5.74) is 5.42. The summed E-state index contributed by atoms with van der Waals surface area (Å²) in [5.74, 6) is 0.592. The van der Waals surface area contributed by atoms with Crippen LogP contribution in [0.4, 0.5) is 17.1 Å². The van der Waals surface area contributed by atoms with Gasteiger partial charge in [0.05, 0.1) is 26.6 Å². The van der Waals surface area contributed by atoms with Crippen LogP contribution in [-0.2, 0) is 34.0 Å². The standard InChI is InChI=1S/C41H33N3O12S/c1-26-2-21-38(41(46)47)39(22-26)40(45)42-29-4-9-32(10-5-29)55-35-17-19-37(20-18-35)57(51)56-36-15-13-34(14-16-36)54-33-11-6-30(7-12-33)43-52-24-28-23-31(44(48)49)8-3-27(28)25-53-50/h2-23,43,50H,24-25H2,1H3,(H,42,45)(H,46,47). The van der Waals surface area contributed by atoms with E-state index in [0.29, 0.717) is 56.1 Å². The summed E-state index contributed by atoms with van der Waals surface area (Å²) in [4.78, 5) is 45.0. The highest BCUT2D eigenvalue weighted by molar-refractivity contribution is 7.80. The highest BCUT2D eigenvalue weighted by Crippen LogP contribution is 2.28. The number of anilines is 2. The first-order chi connectivity index (χ1) is 27.5. The van der Waals surface area contributed by atoms with Crippen molar-refractivity contribution in [3.05, 3.63) is 171 Å². The minimum Gasteiger partial charge on any atom is -0.478 e. The first kappa shape index (κ1) is 39.6. The van der Waals surface area contributed by atoms with Crippen molar-refractivity contribution in [3.63, 3.8) is 0 Å². The molecule has 1 amide bonds. The Morgan fingerprint density at radius 3 is 1.82 bits per heavy atom. The Bertz CT molecular complexity index is 2390. The third kappa shape index (κ3) is 10.8. The van der Waals surface area contributed by atoms with Gasteiger partial charge in [0, 0.05) is 17.8 Å². The number of ether oxygens (including phenoxy) is 2. The van der Waals surface area contributed by atoms with Crippen molar-refractivity contribution < 1.29 is 52.5 Å². The second kappa shape index (κ2) is 18.5. The smallest absolute Gasteiger partial charge is 0.336 e. The van der Waals surface area contributed by atoms with Gasteiger partial charge in [-0.05, 0) is 133 Å². The number of amides is 1. The maximum absolute atomic E-state index is 12.9. The van der Waals surface area contributed by atoms with Gasteiger partial charge in [-0.2, -0.15) is 0 Å². The molecule has 1 atom stereocenters. The van der Waals surface area contributed by atoms with E-state index in [-0.39, 0.29) is 30.0 Å². The lowest BCUT2D eigenvalue weighted by molar-refractivity contribution is -0.385. The van der Waals surface area contributed by atoms with Crippen molar-refractivity contribution in [2.75, 3.05) is 10.8 Å². The number of non-ortho nitro benzene ring substituents is 1. The number of aromatic carboxylic acids is 1. The van der Waals surface area contributed by atoms with Crippen LogP contribution in [-0.4, -0.2) is 31.4 Å². The molecule has 1 unspecified atom stereocenters. The average Bonchev–Trinajstić information content (AvgIpc) is 3.20. The number of nitrogens with zero attached hydrogens (tertiary/aromatic N) is 1. The lowest BCUT2D eigenvalue weighted by Crippen LogP contribution is -2.16. The maximum Gasteiger partial charge on any atom is 0.336 e. The van der Waals surface area contributed by atoms with Crippen LogP contribution in [0.25, 0.3) is 0 Å². The fourth-order valence-electron chi connectivity index (χ4n) is 5.29. The Morgan fingerprint density at radius 1 is 0.684 bits per heavy atom. The van der Waals surface area contributed by atoms with E-state index in [1.807, 2.05) is 0 Å². The van der Waals surface area contributed by atoms with Gasteiger partial charge in [-0.25, -0.2) is 13.9 Å². The Kier molecular flexibility index (Phi) is 12.8. The zero-order valence-corrected chi connectivity index (χ0v) is 30.8. The second-order valence-corrected chi connectivity index (χ2v) is 13.3. The molecule has 0 spiro atoms. The minimum atomic E-state index is -1.83. The molecule has 6 rings (SSSR count). The normalized spacial score (nSPS) is 11.3. The van der Waals surface area contributed by atoms with Crippen molar-refractivity contribution in [1.82, 2.24) is 0 Å². The number of aryl methyl sites for hydroxylation is 1. The summed E-state index contributed by atoms with van der Waals surface area (Å²) in [6, 6.07) is 35.2. The first-order valence-corrected chi connectivity index (χ1v) is 18.0. The fourth-order valence-corrected chi connectivity index (χ4v) is 6.03. The molecule has 16 heteroatoms. The predicted octanol–water partition coefficient (Wildman–Crippen LogP) is 9.07. The van der Waals surface area contributed by atoms with Gasteiger partial charge in [-0.3, -0.25) is 30.5 Å². The number of carbonyl (C=O) groups is 2. The molecule has 0 saturated heterocycles. The van der Waals surface area contributed by atoms with Gasteiger partial charge < -0.3 is 24.1 Å². The zero-order valence-electron chi connectivity index (χ0n) is 29.9. The lowest BCUT2D eigenvalue weighted by Gasteiger charge is -2.11. The summed E-state index contributed by atoms with van der Waals surface area (Å²) < 4.78 is 30.3. The molecule has 290 valence electrons. The van der Waals surface area contributed by atoms with Gasteiger partial charge in [0.15, 0.2) is 0 Å². The summed E-state index contributed by atoms with van der Waals surface area (Å²) in [7, 11) is 0. The van der Waals surface area contributed by atoms with Gasteiger partial charge in [0.1, 0.15) is 42.0 Å². The molecule has 0 aromatic heterocycles. The van der Waals surface area contributed by atoms with E-state index < -0.39 is 27.9 Å². The van der Waals surface area contributed by atoms with E-state index in [0.717, 1.165) is 5.56 Å². The Morgan fingerprint density at radius 2 is 1.25 bits per heavy atom. The molecule has 4 N–H and O–H groups in total. The van der Waals surface area contributed by atoms with Gasteiger partial charge in [0.2, 0.25) is 11.1 Å². The van der Waals surface area contributed by atoms with Gasteiger partial charge in [0.25, 0.3) is 11.6 Å². The minimum absolute atomic E-state index is 0.0329. The largest absolute Gasteiger partial charge is 0.478 e. The molecule has 0 aliphatic rings. The molecule has 0 radical (unpaired) electrons. The average molecular weight is 792 g/mol. The molecular formula is C41H33N3O12S. The van der Waals surface area contributed by atoms with E-state index in [4.69, 9.17) is 23.8 Å². The Labute approximate surface area is 327 Å². The van der Waals surface area contributed by atoms with Crippen molar-refractivity contribution >= 4 is 40.0 Å². The van der Waals surface area contributed by atoms with Crippen molar-refractivity contribution in [1.29, 1.82) is 0 Å². The second-order valence-electron chi connectivity index (χ2n) is 12.2. The highest BCUT2D eigenvalue weighted by atomic mass is 32.2. The molecule has 0 fully saturated rings. The van der Waals surface area contributed by atoms with Crippen LogP contribution in [0.1, 0.15) is 37.4 Å². The maximum atomic E-state index is 12.9. The van der Waals surface area contributed by atoms with E-state index in [1.54, 1.807) is 110 Å². The highest BCUT2D eigenvalue weighted by Gasteiger charge is 2.17. The molecule has 57 heavy (non-hydrogen) atoms. The van der Waals surface area contributed by atoms with E-state index in [9.17, 15) is 29.0 Å². The number of rotatable bonds is 17. The summed E-state index contributed by atoms with van der Waals surface area (Å²) in [5, 5.41) is 32.1. The van der Waals surface area contributed by atoms with Crippen LogP contribution < -0.4 is 24.5 Å². The number of carboxylic acid groups (broad SMARTS) is 1. The number of hydrogen-bond donors (Lipinski definition) is 4. The summed E-state index contributed by atoms with van der Waals surface area (Å²) >= 11 is -1.83. The van der Waals surface area contributed by atoms with E-state index >= 15 is 0 Å². The number of benzene rings is 6. The van der Waals surface area contributed by atoms with Crippen LogP contribution in [0.2, 0.25) is 0 Å². The molecule has 0 saturated carbocycles. The number of carboxylic acids is 1. The van der Waals surface area contributed by atoms with Crippen LogP contribution >= 0.6 is 0 Å². The van der Waals surface area contributed by atoms with Gasteiger partial charge in [-0.15, -0.1) is 0 Å². The monoisotopic (exact) mass is 791 g/mol. The molecule has 0 aliphatic heterocycles. The third-order valence-electron chi connectivity index (χ3n) is 8.14. The molecule has 6 aromatic carbocycles. The molecule has 15 nitrogen and oxygen atoms in total. The number of nitrogens with one attached hydrogen (secondary N) is 2. The molecular weight excluding hydrogens is 759 g/mol. The third-order valence-corrected chi connectivity index (χ3v) is 9.14. The van der Waals surface area contributed by atoms with Crippen molar-refractivity contribution in [2.45, 2.75) is 25.0 Å². The number of hydrogen-bond acceptors (Lipinski definition) is 12. The first-order valence-electron chi connectivity index (χ1n) is 17.0. The zero-order chi connectivity index (χ0) is 40.3. The number of carbonyl (C=O) groups excluding carboxylic acids is 1. The van der Waals surface area contributed by atoms with Crippen LogP contribution in [0.3, 0.4) is 0 Å². The number of nitro benzene ring substituents is 1. The van der Waals surface area contributed by atoms with E-state index in [2.05, 4.69) is 15.7 Å². The SMILES string of the molecule is Cc1ccc(C(=O)O)c(C(=O)Nc2ccc(Oc3ccc(S(=O)Oc4ccc(Oc5ccc(NOCc6cc([N+](=O)[O-])ccc6COO)cc5)cc4)cc3)cc2)c1. The van der Waals surface area contributed by atoms with Crippen molar-refractivity contribution in [3.8, 4) is 28.7 Å². The molecule has 0 aliphatic carbocycles.